The lowest BCUT2D eigenvalue weighted by Crippen LogP contribution is -2.39. The van der Waals surface area contributed by atoms with Crippen molar-refractivity contribution in [1.82, 2.24) is 5.32 Å². The Labute approximate surface area is 129 Å². The molecule has 1 atom stereocenters. The Morgan fingerprint density at radius 2 is 2.05 bits per heavy atom. The lowest BCUT2D eigenvalue weighted by atomic mass is 10.2. The van der Waals surface area contributed by atoms with Crippen LogP contribution in [0.5, 0.6) is 0 Å². The molecule has 2 amide bonds. The van der Waals surface area contributed by atoms with Gasteiger partial charge in [0.25, 0.3) is 0 Å². The molecule has 0 spiro atoms. The largest absolute Gasteiger partial charge is 0.354 e. The van der Waals surface area contributed by atoms with E-state index in [2.05, 4.69) is 10.6 Å². The molecule has 0 saturated carbocycles. The van der Waals surface area contributed by atoms with Crippen LogP contribution in [0.25, 0.3) is 0 Å². The topological polar surface area (TPSA) is 84.2 Å². The summed E-state index contributed by atoms with van der Waals surface area (Å²) in [7, 11) is 0. The summed E-state index contributed by atoms with van der Waals surface area (Å²) in [6.07, 6.45) is 0.185. The first-order valence-electron chi connectivity index (χ1n) is 6.00. The van der Waals surface area contributed by atoms with Gasteiger partial charge < -0.3 is 16.4 Å². The van der Waals surface area contributed by atoms with Crippen LogP contribution in [0.15, 0.2) is 18.2 Å². The molecule has 0 heterocycles. The van der Waals surface area contributed by atoms with E-state index < -0.39 is 6.04 Å². The summed E-state index contributed by atoms with van der Waals surface area (Å²) in [6.45, 7) is 3.67. The third kappa shape index (κ3) is 5.77. The number of halogens is 2. The van der Waals surface area contributed by atoms with E-state index in [0.717, 1.165) is 5.56 Å². The molecule has 0 radical (unpaired) electrons. The Kier molecular flexibility index (Phi) is 8.22. The standard InChI is InChI=1S/C13H18ClN3O2.ClH/c1-8-10(14)4-3-5-11(8)17-12(18)6-7-16-13(19)9(2)15;/h3-5,9H,6-7,15H2,1-2H3,(H,16,19)(H,17,18);1H/t9-;/m0./s1. The lowest BCUT2D eigenvalue weighted by molar-refractivity contribution is -0.122. The fourth-order valence-corrected chi connectivity index (χ4v) is 1.59. The number of hydrogen-bond acceptors (Lipinski definition) is 3. The van der Waals surface area contributed by atoms with E-state index in [4.69, 9.17) is 17.3 Å². The van der Waals surface area contributed by atoms with Crippen LogP contribution in [0.3, 0.4) is 0 Å². The molecule has 112 valence electrons. The summed E-state index contributed by atoms with van der Waals surface area (Å²) in [5.74, 6) is -0.456. The Morgan fingerprint density at radius 1 is 1.40 bits per heavy atom. The smallest absolute Gasteiger partial charge is 0.236 e. The van der Waals surface area contributed by atoms with Crippen LogP contribution in [0.4, 0.5) is 5.69 Å². The van der Waals surface area contributed by atoms with Gasteiger partial charge in [0, 0.05) is 23.7 Å². The van der Waals surface area contributed by atoms with Gasteiger partial charge in [-0.1, -0.05) is 17.7 Å². The zero-order chi connectivity index (χ0) is 14.4. The molecule has 1 aromatic rings. The van der Waals surface area contributed by atoms with Gasteiger partial charge in [-0.15, -0.1) is 12.4 Å². The molecule has 7 heteroatoms. The average Bonchev–Trinajstić information content (AvgIpc) is 2.34. The van der Waals surface area contributed by atoms with Crippen molar-refractivity contribution in [2.24, 2.45) is 5.73 Å². The van der Waals surface area contributed by atoms with Crippen molar-refractivity contribution in [3.05, 3.63) is 28.8 Å². The maximum atomic E-state index is 11.7. The van der Waals surface area contributed by atoms with Crippen LogP contribution < -0.4 is 16.4 Å². The summed E-state index contributed by atoms with van der Waals surface area (Å²) < 4.78 is 0. The van der Waals surface area contributed by atoms with Crippen molar-refractivity contribution in [2.45, 2.75) is 26.3 Å². The maximum Gasteiger partial charge on any atom is 0.236 e. The molecule has 0 aromatic heterocycles. The fourth-order valence-electron chi connectivity index (χ4n) is 1.42. The number of benzene rings is 1. The predicted octanol–water partition coefficient (Wildman–Crippen LogP) is 1.86. The van der Waals surface area contributed by atoms with Crippen molar-refractivity contribution < 1.29 is 9.59 Å². The minimum atomic E-state index is -0.571. The Balaban J connectivity index is 0.00000361. The van der Waals surface area contributed by atoms with Crippen molar-refractivity contribution in [1.29, 1.82) is 0 Å². The highest BCUT2D eigenvalue weighted by Crippen LogP contribution is 2.22. The molecule has 1 rings (SSSR count). The summed E-state index contributed by atoms with van der Waals surface area (Å²) in [4.78, 5) is 22.9. The molecule has 0 aliphatic heterocycles. The first-order valence-corrected chi connectivity index (χ1v) is 6.38. The minimum absolute atomic E-state index is 0. The molecule has 4 N–H and O–H groups in total. The Hall–Kier alpha value is -1.30. The number of rotatable bonds is 5. The molecule has 0 aliphatic carbocycles. The summed E-state index contributed by atoms with van der Waals surface area (Å²) in [5.41, 5.74) is 6.88. The lowest BCUT2D eigenvalue weighted by Gasteiger charge is -2.10. The molecule has 20 heavy (non-hydrogen) atoms. The van der Waals surface area contributed by atoms with Crippen LogP contribution >= 0.6 is 24.0 Å². The number of amides is 2. The van der Waals surface area contributed by atoms with E-state index in [9.17, 15) is 9.59 Å². The van der Waals surface area contributed by atoms with Crippen LogP contribution in [0, 0.1) is 6.92 Å². The van der Waals surface area contributed by atoms with Gasteiger partial charge in [-0.2, -0.15) is 0 Å². The zero-order valence-electron chi connectivity index (χ0n) is 11.4. The molecular weight excluding hydrogens is 301 g/mol. The maximum absolute atomic E-state index is 11.7. The molecular formula is C13H19Cl2N3O2. The molecule has 0 unspecified atom stereocenters. The number of anilines is 1. The van der Waals surface area contributed by atoms with E-state index in [-0.39, 0.29) is 37.2 Å². The second-order valence-electron chi connectivity index (χ2n) is 4.29. The third-order valence-electron chi connectivity index (χ3n) is 2.61. The Morgan fingerprint density at radius 3 is 2.65 bits per heavy atom. The van der Waals surface area contributed by atoms with E-state index in [0.29, 0.717) is 10.7 Å². The highest BCUT2D eigenvalue weighted by atomic mass is 35.5. The van der Waals surface area contributed by atoms with Gasteiger partial charge in [0.05, 0.1) is 6.04 Å². The second-order valence-corrected chi connectivity index (χ2v) is 4.70. The van der Waals surface area contributed by atoms with E-state index in [1.165, 1.54) is 0 Å². The van der Waals surface area contributed by atoms with Crippen molar-refractivity contribution in [3.63, 3.8) is 0 Å². The van der Waals surface area contributed by atoms with Gasteiger partial charge in [0.2, 0.25) is 11.8 Å². The van der Waals surface area contributed by atoms with Gasteiger partial charge in [-0.3, -0.25) is 9.59 Å². The molecule has 0 bridgehead atoms. The second kappa shape index (κ2) is 8.79. The molecule has 1 aromatic carbocycles. The summed E-state index contributed by atoms with van der Waals surface area (Å²) >= 11 is 5.96. The van der Waals surface area contributed by atoms with E-state index in [1.807, 2.05) is 6.92 Å². The predicted molar refractivity (Wildman–Crippen MR) is 83.3 cm³/mol. The summed E-state index contributed by atoms with van der Waals surface area (Å²) in [5, 5.41) is 5.92. The summed E-state index contributed by atoms with van der Waals surface area (Å²) in [6, 6.07) is 4.73. The zero-order valence-corrected chi connectivity index (χ0v) is 13.0. The molecule has 0 aliphatic rings. The van der Waals surface area contributed by atoms with Gasteiger partial charge in [0.15, 0.2) is 0 Å². The van der Waals surface area contributed by atoms with Crippen molar-refractivity contribution in [3.8, 4) is 0 Å². The van der Waals surface area contributed by atoms with Crippen LogP contribution in [-0.2, 0) is 9.59 Å². The fraction of sp³-hybridized carbons (Fsp3) is 0.385. The molecule has 0 fully saturated rings. The van der Waals surface area contributed by atoms with E-state index >= 15 is 0 Å². The van der Waals surface area contributed by atoms with Gasteiger partial charge in [-0.05, 0) is 31.5 Å². The monoisotopic (exact) mass is 319 g/mol. The number of nitrogens with one attached hydrogen (secondary N) is 2. The van der Waals surface area contributed by atoms with Crippen molar-refractivity contribution in [2.75, 3.05) is 11.9 Å². The van der Waals surface area contributed by atoms with E-state index in [1.54, 1.807) is 25.1 Å². The number of carbonyl (C=O) groups is 2. The van der Waals surface area contributed by atoms with Crippen LogP contribution in [0.2, 0.25) is 5.02 Å². The normalized spacial score (nSPS) is 11.2. The third-order valence-corrected chi connectivity index (χ3v) is 3.02. The van der Waals surface area contributed by atoms with Gasteiger partial charge in [-0.25, -0.2) is 0 Å². The highest BCUT2D eigenvalue weighted by Gasteiger charge is 2.09. The molecule has 0 saturated heterocycles. The minimum Gasteiger partial charge on any atom is -0.354 e. The first-order chi connectivity index (χ1) is 8.91. The average molecular weight is 320 g/mol. The Bertz CT molecular complexity index is 479. The van der Waals surface area contributed by atoms with Gasteiger partial charge >= 0.3 is 0 Å². The first kappa shape index (κ1) is 18.7. The highest BCUT2D eigenvalue weighted by molar-refractivity contribution is 6.31. The molecule has 5 nitrogen and oxygen atoms in total. The SMILES string of the molecule is Cc1c(Cl)cccc1NC(=O)CCNC(=O)[C@H](C)N.Cl. The number of hydrogen-bond donors (Lipinski definition) is 3. The van der Waals surface area contributed by atoms with Crippen LogP contribution in [0.1, 0.15) is 18.9 Å². The van der Waals surface area contributed by atoms with Crippen LogP contribution in [-0.4, -0.2) is 24.4 Å². The number of nitrogens with two attached hydrogens (primary N) is 1. The van der Waals surface area contributed by atoms with Gasteiger partial charge in [0.1, 0.15) is 0 Å². The van der Waals surface area contributed by atoms with Crippen molar-refractivity contribution >= 4 is 41.5 Å². The number of carbonyl (C=O) groups excluding carboxylic acids is 2. The quantitative estimate of drug-likeness (QED) is 0.774.